The lowest BCUT2D eigenvalue weighted by Gasteiger charge is -2.18. The summed E-state index contributed by atoms with van der Waals surface area (Å²) < 4.78 is 0. The van der Waals surface area contributed by atoms with Gasteiger partial charge in [-0.3, -0.25) is 4.79 Å². The number of rotatable bonds is 3. The highest BCUT2D eigenvalue weighted by Gasteiger charge is 2.13. The molecule has 1 heterocycles. The molecule has 0 spiro atoms. The number of amides is 1. The quantitative estimate of drug-likeness (QED) is 0.666. The second kappa shape index (κ2) is 6.39. The van der Waals surface area contributed by atoms with Crippen LogP contribution in [0.5, 0.6) is 0 Å². The fraction of sp³-hybridized carbons (Fsp3) is 0.158. The lowest BCUT2D eigenvalue weighted by atomic mass is 10.1. The van der Waals surface area contributed by atoms with Gasteiger partial charge in [-0.15, -0.1) is 0 Å². The fourth-order valence-electron chi connectivity index (χ4n) is 2.57. The van der Waals surface area contributed by atoms with Gasteiger partial charge >= 0.3 is 0 Å². The molecule has 0 atom stereocenters. The second-order valence-corrected chi connectivity index (χ2v) is 6.02. The first-order chi connectivity index (χ1) is 11.0. The van der Waals surface area contributed by atoms with Crippen LogP contribution in [-0.4, -0.2) is 22.8 Å². The number of hydrogen-bond donors (Lipinski definition) is 0. The number of pyridine rings is 1. The molecule has 2 aromatic carbocycles. The van der Waals surface area contributed by atoms with Gasteiger partial charge in [0.25, 0.3) is 5.91 Å². The number of carbonyl (C=O) groups is 1. The summed E-state index contributed by atoms with van der Waals surface area (Å²) in [6, 6.07) is 17.2. The molecule has 116 valence electrons. The van der Waals surface area contributed by atoms with Crippen molar-refractivity contribution in [1.29, 1.82) is 0 Å². The van der Waals surface area contributed by atoms with E-state index < -0.39 is 0 Å². The van der Waals surface area contributed by atoms with E-state index in [0.29, 0.717) is 17.3 Å². The molecule has 0 radical (unpaired) electrons. The zero-order valence-corrected chi connectivity index (χ0v) is 13.8. The summed E-state index contributed by atoms with van der Waals surface area (Å²) in [7, 11) is 1.82. The smallest absolute Gasteiger partial charge is 0.253 e. The lowest BCUT2D eigenvalue weighted by molar-refractivity contribution is 0.0785. The van der Waals surface area contributed by atoms with E-state index in [1.165, 1.54) is 5.56 Å². The number of nitrogens with zero attached hydrogens (tertiary/aromatic N) is 2. The monoisotopic (exact) mass is 324 g/mol. The van der Waals surface area contributed by atoms with Crippen LogP contribution < -0.4 is 0 Å². The van der Waals surface area contributed by atoms with Crippen molar-refractivity contribution in [1.82, 2.24) is 9.88 Å². The third-order valence-corrected chi connectivity index (χ3v) is 4.13. The Morgan fingerprint density at radius 3 is 2.70 bits per heavy atom. The average Bonchev–Trinajstić information content (AvgIpc) is 2.55. The van der Waals surface area contributed by atoms with Gasteiger partial charge in [0, 0.05) is 24.5 Å². The van der Waals surface area contributed by atoms with Crippen molar-refractivity contribution in [2.45, 2.75) is 13.5 Å². The van der Waals surface area contributed by atoms with Crippen LogP contribution in [-0.2, 0) is 6.54 Å². The van der Waals surface area contributed by atoms with Gasteiger partial charge in [0.1, 0.15) is 5.15 Å². The molecule has 0 unspecified atom stereocenters. The van der Waals surface area contributed by atoms with Gasteiger partial charge in [0.05, 0.1) is 5.52 Å². The van der Waals surface area contributed by atoms with Crippen LogP contribution in [0.4, 0.5) is 0 Å². The summed E-state index contributed by atoms with van der Waals surface area (Å²) in [6.45, 7) is 2.64. The molecule has 0 fully saturated rings. The topological polar surface area (TPSA) is 33.2 Å². The van der Waals surface area contributed by atoms with E-state index in [1.807, 2.05) is 43.4 Å². The summed E-state index contributed by atoms with van der Waals surface area (Å²) >= 11 is 5.89. The van der Waals surface area contributed by atoms with Crippen LogP contribution in [0.15, 0.2) is 54.6 Å². The van der Waals surface area contributed by atoms with E-state index in [1.54, 1.807) is 17.0 Å². The highest BCUT2D eigenvalue weighted by molar-refractivity contribution is 6.29. The minimum Gasteiger partial charge on any atom is -0.337 e. The molecule has 0 saturated carbocycles. The predicted octanol–water partition coefficient (Wildman–Crippen LogP) is 4.47. The van der Waals surface area contributed by atoms with Crippen molar-refractivity contribution < 1.29 is 4.79 Å². The summed E-state index contributed by atoms with van der Waals surface area (Å²) in [6.07, 6.45) is 0. The van der Waals surface area contributed by atoms with Gasteiger partial charge in [0.15, 0.2) is 0 Å². The molecule has 0 bridgehead atoms. The Morgan fingerprint density at radius 1 is 1.13 bits per heavy atom. The van der Waals surface area contributed by atoms with E-state index in [4.69, 9.17) is 11.6 Å². The largest absolute Gasteiger partial charge is 0.337 e. The molecule has 4 heteroatoms. The molecule has 3 aromatic rings. The summed E-state index contributed by atoms with van der Waals surface area (Å²) in [4.78, 5) is 18.6. The molecule has 0 aliphatic carbocycles. The Morgan fingerprint density at radius 2 is 1.91 bits per heavy atom. The molecular formula is C19H17ClN2O. The van der Waals surface area contributed by atoms with Gasteiger partial charge in [-0.1, -0.05) is 35.9 Å². The molecule has 1 amide bonds. The van der Waals surface area contributed by atoms with E-state index >= 15 is 0 Å². The second-order valence-electron chi connectivity index (χ2n) is 5.63. The Labute approximate surface area is 140 Å². The third-order valence-electron chi connectivity index (χ3n) is 3.92. The molecule has 0 aliphatic heterocycles. The van der Waals surface area contributed by atoms with E-state index in [-0.39, 0.29) is 5.91 Å². The van der Waals surface area contributed by atoms with Crippen LogP contribution in [0.2, 0.25) is 5.15 Å². The van der Waals surface area contributed by atoms with Crippen LogP contribution in [0.1, 0.15) is 21.5 Å². The highest BCUT2D eigenvalue weighted by atomic mass is 35.5. The fourth-order valence-corrected chi connectivity index (χ4v) is 2.72. The first-order valence-corrected chi connectivity index (χ1v) is 7.78. The summed E-state index contributed by atoms with van der Waals surface area (Å²) in [5.74, 6) is -0.00916. The van der Waals surface area contributed by atoms with Gasteiger partial charge in [-0.2, -0.15) is 0 Å². The Bertz CT molecular complexity index is 876. The Kier molecular flexibility index (Phi) is 4.30. The maximum absolute atomic E-state index is 12.7. The lowest BCUT2D eigenvalue weighted by Crippen LogP contribution is -2.26. The SMILES string of the molecule is Cc1ccccc1CN(C)C(=O)c1ccc2nc(Cl)ccc2c1. The molecule has 1 aromatic heterocycles. The number of benzene rings is 2. The average molecular weight is 325 g/mol. The third kappa shape index (κ3) is 3.35. The maximum atomic E-state index is 12.7. The van der Waals surface area contributed by atoms with Gasteiger partial charge in [-0.25, -0.2) is 4.98 Å². The van der Waals surface area contributed by atoms with Crippen molar-refractivity contribution in [2.24, 2.45) is 0 Å². The van der Waals surface area contributed by atoms with Gasteiger partial charge in [0.2, 0.25) is 0 Å². The molecule has 0 N–H and O–H groups in total. The van der Waals surface area contributed by atoms with Crippen LogP contribution in [0.25, 0.3) is 10.9 Å². The number of carbonyl (C=O) groups excluding carboxylic acids is 1. The molecule has 0 aliphatic rings. The molecule has 0 saturated heterocycles. The molecular weight excluding hydrogens is 308 g/mol. The Hall–Kier alpha value is -2.39. The number of hydrogen-bond acceptors (Lipinski definition) is 2. The number of fused-ring (bicyclic) bond motifs is 1. The highest BCUT2D eigenvalue weighted by Crippen LogP contribution is 2.19. The van der Waals surface area contributed by atoms with Gasteiger partial charge in [-0.05, 0) is 48.4 Å². The standard InChI is InChI=1S/C19H17ClN2O/c1-13-5-3-4-6-16(13)12-22(2)19(23)15-7-9-17-14(11-15)8-10-18(20)21-17/h3-11H,12H2,1-2H3. The van der Waals surface area contributed by atoms with Crippen molar-refractivity contribution >= 4 is 28.4 Å². The van der Waals surface area contributed by atoms with E-state index in [0.717, 1.165) is 16.5 Å². The van der Waals surface area contributed by atoms with Crippen molar-refractivity contribution in [3.8, 4) is 0 Å². The zero-order chi connectivity index (χ0) is 16.4. The minimum atomic E-state index is -0.00916. The normalized spacial score (nSPS) is 10.7. The number of aryl methyl sites for hydroxylation is 1. The predicted molar refractivity (Wildman–Crippen MR) is 93.7 cm³/mol. The molecule has 3 rings (SSSR count). The zero-order valence-electron chi connectivity index (χ0n) is 13.1. The molecule has 23 heavy (non-hydrogen) atoms. The van der Waals surface area contributed by atoms with E-state index in [2.05, 4.69) is 18.0 Å². The van der Waals surface area contributed by atoms with E-state index in [9.17, 15) is 4.79 Å². The van der Waals surface area contributed by atoms with Crippen molar-refractivity contribution in [2.75, 3.05) is 7.05 Å². The number of halogens is 1. The van der Waals surface area contributed by atoms with Crippen molar-refractivity contribution in [3.05, 3.63) is 76.4 Å². The summed E-state index contributed by atoms with van der Waals surface area (Å²) in [5.41, 5.74) is 3.77. The Balaban J connectivity index is 1.84. The van der Waals surface area contributed by atoms with Crippen LogP contribution >= 0.6 is 11.6 Å². The van der Waals surface area contributed by atoms with Gasteiger partial charge < -0.3 is 4.90 Å². The first kappa shape index (κ1) is 15.5. The minimum absolute atomic E-state index is 0.00916. The number of aromatic nitrogens is 1. The first-order valence-electron chi connectivity index (χ1n) is 7.41. The molecule has 3 nitrogen and oxygen atoms in total. The maximum Gasteiger partial charge on any atom is 0.253 e. The van der Waals surface area contributed by atoms with Crippen LogP contribution in [0, 0.1) is 6.92 Å². The van der Waals surface area contributed by atoms with Crippen LogP contribution in [0.3, 0.4) is 0 Å². The van der Waals surface area contributed by atoms with Crippen molar-refractivity contribution in [3.63, 3.8) is 0 Å². The summed E-state index contributed by atoms with van der Waals surface area (Å²) in [5, 5.41) is 1.36.